The van der Waals surface area contributed by atoms with Crippen LogP contribution >= 0.6 is 0 Å². The van der Waals surface area contributed by atoms with Gasteiger partial charge in [-0.05, 0) is 37.5 Å². The third kappa shape index (κ3) is 2.16. The lowest BCUT2D eigenvalue weighted by atomic mass is 9.72. The summed E-state index contributed by atoms with van der Waals surface area (Å²) in [5.41, 5.74) is -0.548. The zero-order chi connectivity index (χ0) is 12.6. The van der Waals surface area contributed by atoms with E-state index in [1.807, 2.05) is 0 Å². The molecule has 3 aliphatic rings. The Labute approximate surface area is 109 Å². The first-order valence-electron chi connectivity index (χ1n) is 7.41. The summed E-state index contributed by atoms with van der Waals surface area (Å²) in [4.78, 5) is 14.2. The van der Waals surface area contributed by atoms with E-state index in [2.05, 4.69) is 10.2 Å². The molecule has 102 valence electrons. The van der Waals surface area contributed by atoms with Gasteiger partial charge < -0.3 is 10.4 Å². The van der Waals surface area contributed by atoms with Gasteiger partial charge in [-0.1, -0.05) is 12.8 Å². The predicted octanol–water partition coefficient (Wildman–Crippen LogP) is 1.32. The smallest absolute Gasteiger partial charge is 0.324 e. The Bertz CT molecular complexity index is 324. The lowest BCUT2D eigenvalue weighted by Crippen LogP contribution is -2.62. The van der Waals surface area contributed by atoms with Gasteiger partial charge in [0.2, 0.25) is 0 Å². The molecule has 2 N–H and O–H groups in total. The minimum atomic E-state index is -0.574. The Morgan fingerprint density at radius 3 is 2.50 bits per heavy atom. The fourth-order valence-electron chi connectivity index (χ4n) is 3.97. The molecule has 1 saturated heterocycles. The van der Waals surface area contributed by atoms with Gasteiger partial charge in [0.1, 0.15) is 5.54 Å². The number of carboxylic acids is 1. The molecule has 2 aliphatic carbocycles. The number of aliphatic carboxylic acids is 1. The second kappa shape index (κ2) is 4.82. The molecule has 0 spiro atoms. The van der Waals surface area contributed by atoms with Gasteiger partial charge in [-0.15, -0.1) is 0 Å². The van der Waals surface area contributed by atoms with Crippen LogP contribution in [0.3, 0.4) is 0 Å². The van der Waals surface area contributed by atoms with Gasteiger partial charge in [-0.25, -0.2) is 0 Å². The fraction of sp³-hybridized carbons (Fsp3) is 0.929. The average Bonchev–Trinajstić information content (AvgIpc) is 3.24. The van der Waals surface area contributed by atoms with Crippen molar-refractivity contribution < 1.29 is 9.90 Å². The van der Waals surface area contributed by atoms with Crippen LogP contribution in [0.1, 0.15) is 38.5 Å². The molecule has 0 bridgehead atoms. The van der Waals surface area contributed by atoms with Crippen molar-refractivity contribution in [3.8, 4) is 0 Å². The van der Waals surface area contributed by atoms with Crippen molar-refractivity contribution in [1.82, 2.24) is 10.2 Å². The zero-order valence-corrected chi connectivity index (χ0v) is 11.0. The number of piperazine rings is 1. The molecule has 0 aromatic heterocycles. The third-order valence-corrected chi connectivity index (χ3v) is 5.17. The lowest BCUT2D eigenvalue weighted by molar-refractivity contribution is -0.156. The number of carboxylic acid groups (broad SMARTS) is 1. The number of hydrogen-bond donors (Lipinski definition) is 2. The van der Waals surface area contributed by atoms with Crippen molar-refractivity contribution in [3.63, 3.8) is 0 Å². The minimum absolute atomic E-state index is 0.548. The van der Waals surface area contributed by atoms with Crippen LogP contribution in [0.25, 0.3) is 0 Å². The van der Waals surface area contributed by atoms with Gasteiger partial charge in [-0.3, -0.25) is 9.69 Å². The quantitative estimate of drug-likeness (QED) is 0.795. The molecule has 2 atom stereocenters. The molecule has 3 fully saturated rings. The monoisotopic (exact) mass is 252 g/mol. The van der Waals surface area contributed by atoms with Crippen LogP contribution in [0.5, 0.6) is 0 Å². The Kier molecular flexibility index (Phi) is 3.32. The highest BCUT2D eigenvalue weighted by Gasteiger charge is 2.50. The Morgan fingerprint density at radius 1 is 1.17 bits per heavy atom. The third-order valence-electron chi connectivity index (χ3n) is 5.17. The maximum atomic E-state index is 11.9. The standard InChI is InChI=1S/C14H24N2O2/c17-13(18)14(16-8-6-15-7-9-16)5-1-2-12(10-14)11-3-4-11/h11-12,15H,1-10H2,(H,17,18). The molecule has 2 saturated carbocycles. The van der Waals surface area contributed by atoms with E-state index in [4.69, 9.17) is 0 Å². The summed E-state index contributed by atoms with van der Waals surface area (Å²) in [5.74, 6) is 0.937. The van der Waals surface area contributed by atoms with Gasteiger partial charge in [0.05, 0.1) is 0 Å². The van der Waals surface area contributed by atoms with E-state index >= 15 is 0 Å². The van der Waals surface area contributed by atoms with Crippen LogP contribution < -0.4 is 5.32 Å². The summed E-state index contributed by atoms with van der Waals surface area (Å²) < 4.78 is 0. The molecule has 0 aromatic rings. The van der Waals surface area contributed by atoms with E-state index in [-0.39, 0.29) is 0 Å². The number of nitrogens with zero attached hydrogens (tertiary/aromatic N) is 1. The van der Waals surface area contributed by atoms with Crippen molar-refractivity contribution >= 4 is 5.97 Å². The first-order valence-corrected chi connectivity index (χ1v) is 7.41. The van der Waals surface area contributed by atoms with Crippen LogP contribution in [-0.4, -0.2) is 47.7 Å². The highest BCUT2D eigenvalue weighted by molar-refractivity contribution is 5.79. The number of nitrogens with one attached hydrogen (secondary N) is 1. The van der Waals surface area contributed by atoms with Crippen LogP contribution in [-0.2, 0) is 4.79 Å². The van der Waals surface area contributed by atoms with Crippen LogP contribution in [0, 0.1) is 11.8 Å². The Morgan fingerprint density at radius 2 is 1.89 bits per heavy atom. The van der Waals surface area contributed by atoms with Crippen molar-refractivity contribution in [3.05, 3.63) is 0 Å². The summed E-state index contributed by atoms with van der Waals surface area (Å²) in [5, 5.41) is 13.1. The Balaban J connectivity index is 1.78. The van der Waals surface area contributed by atoms with E-state index < -0.39 is 11.5 Å². The van der Waals surface area contributed by atoms with Crippen LogP contribution in [0.4, 0.5) is 0 Å². The van der Waals surface area contributed by atoms with E-state index in [9.17, 15) is 9.90 Å². The molecule has 1 heterocycles. The molecule has 18 heavy (non-hydrogen) atoms. The number of rotatable bonds is 3. The van der Waals surface area contributed by atoms with Gasteiger partial charge >= 0.3 is 5.97 Å². The van der Waals surface area contributed by atoms with Gasteiger partial charge in [0, 0.05) is 26.2 Å². The SMILES string of the molecule is O=C(O)C1(N2CCNCC2)CCCC(C2CC2)C1. The molecular weight excluding hydrogens is 228 g/mol. The first-order chi connectivity index (χ1) is 8.72. The molecule has 2 unspecified atom stereocenters. The maximum absolute atomic E-state index is 11.9. The largest absolute Gasteiger partial charge is 0.480 e. The molecule has 0 amide bonds. The van der Waals surface area contributed by atoms with Crippen molar-refractivity contribution in [2.24, 2.45) is 11.8 Å². The van der Waals surface area contributed by atoms with Crippen molar-refractivity contribution in [1.29, 1.82) is 0 Å². The van der Waals surface area contributed by atoms with E-state index in [1.54, 1.807) is 0 Å². The lowest BCUT2D eigenvalue weighted by Gasteiger charge is -2.47. The molecule has 4 nitrogen and oxygen atoms in total. The number of hydrogen-bond acceptors (Lipinski definition) is 3. The summed E-state index contributed by atoms with van der Waals surface area (Å²) >= 11 is 0. The molecule has 0 radical (unpaired) electrons. The average molecular weight is 252 g/mol. The van der Waals surface area contributed by atoms with E-state index in [0.717, 1.165) is 51.4 Å². The first kappa shape index (κ1) is 12.4. The Hall–Kier alpha value is -0.610. The summed E-state index contributed by atoms with van der Waals surface area (Å²) in [7, 11) is 0. The zero-order valence-electron chi connectivity index (χ0n) is 11.0. The second-order valence-electron chi connectivity index (χ2n) is 6.27. The number of carbonyl (C=O) groups is 1. The second-order valence-corrected chi connectivity index (χ2v) is 6.27. The molecular formula is C14H24N2O2. The van der Waals surface area contributed by atoms with E-state index in [1.165, 1.54) is 19.3 Å². The fourth-order valence-corrected chi connectivity index (χ4v) is 3.97. The summed E-state index contributed by atoms with van der Waals surface area (Å²) in [6.07, 6.45) is 6.77. The highest BCUT2D eigenvalue weighted by atomic mass is 16.4. The highest BCUT2D eigenvalue weighted by Crippen LogP contribution is 2.48. The molecule has 0 aromatic carbocycles. The van der Waals surface area contributed by atoms with Gasteiger partial charge in [0.25, 0.3) is 0 Å². The normalized spacial score (nSPS) is 38.6. The maximum Gasteiger partial charge on any atom is 0.324 e. The van der Waals surface area contributed by atoms with Crippen LogP contribution in [0.2, 0.25) is 0 Å². The molecule has 3 rings (SSSR count). The molecule has 4 heteroatoms. The van der Waals surface area contributed by atoms with E-state index in [0.29, 0.717) is 5.92 Å². The van der Waals surface area contributed by atoms with Crippen LogP contribution in [0.15, 0.2) is 0 Å². The minimum Gasteiger partial charge on any atom is -0.480 e. The summed E-state index contributed by atoms with van der Waals surface area (Å²) in [6.45, 7) is 3.65. The molecule has 1 aliphatic heterocycles. The van der Waals surface area contributed by atoms with Gasteiger partial charge in [0.15, 0.2) is 0 Å². The van der Waals surface area contributed by atoms with Gasteiger partial charge in [-0.2, -0.15) is 0 Å². The predicted molar refractivity (Wildman–Crippen MR) is 69.5 cm³/mol. The van der Waals surface area contributed by atoms with Crippen molar-refractivity contribution in [2.75, 3.05) is 26.2 Å². The van der Waals surface area contributed by atoms with Crippen molar-refractivity contribution in [2.45, 2.75) is 44.1 Å². The topological polar surface area (TPSA) is 52.6 Å². The summed E-state index contributed by atoms with van der Waals surface area (Å²) in [6, 6.07) is 0.